The third kappa shape index (κ3) is 5.55. The van der Waals surface area contributed by atoms with Gasteiger partial charge in [0.15, 0.2) is 6.17 Å². The summed E-state index contributed by atoms with van der Waals surface area (Å²) < 4.78 is 139. The molecule has 0 bridgehead atoms. The van der Waals surface area contributed by atoms with Gasteiger partial charge < -0.3 is 20.3 Å². The number of pyridine rings is 1. The fourth-order valence-electron chi connectivity index (χ4n) is 5.21. The SMILES string of the molecule is CC1(n2cc(C(=O)NC(C(F)(F)F)C(F)(F)F)c(=O)c3c2NC(N2CCCC[C@@H]2CO)C(F)=C3)C(F)=CC(F)=CC1F. The number of nitrogens with one attached hydrogen (secondary N) is 2. The van der Waals surface area contributed by atoms with E-state index in [1.165, 1.54) is 4.90 Å². The monoisotopic (exact) mass is 618 g/mol. The number of aliphatic hydroxyl groups excluding tert-OH is 1. The zero-order chi connectivity index (χ0) is 31.4. The molecule has 7 nitrogen and oxygen atoms in total. The van der Waals surface area contributed by atoms with Gasteiger partial charge in [-0.1, -0.05) is 6.42 Å². The molecule has 3 N–H and O–H groups in total. The van der Waals surface area contributed by atoms with E-state index in [9.17, 15) is 45.4 Å². The molecule has 1 amide bonds. The van der Waals surface area contributed by atoms with Gasteiger partial charge in [0.1, 0.15) is 40.6 Å². The predicted molar refractivity (Wildman–Crippen MR) is 129 cm³/mol. The molecule has 3 unspecified atom stereocenters. The molecule has 1 aromatic heterocycles. The smallest absolute Gasteiger partial charge is 0.395 e. The molecule has 3 aliphatic rings. The number of aliphatic hydroxyl groups is 1. The molecule has 0 spiro atoms. The summed E-state index contributed by atoms with van der Waals surface area (Å²) in [6, 6.07) is -5.00. The molecule has 2 aliphatic heterocycles. The zero-order valence-electron chi connectivity index (χ0n) is 21.6. The van der Waals surface area contributed by atoms with Crippen LogP contribution in [0.3, 0.4) is 0 Å². The predicted octanol–water partition coefficient (Wildman–Crippen LogP) is 4.75. The fourth-order valence-corrected chi connectivity index (χ4v) is 5.21. The van der Waals surface area contributed by atoms with E-state index < -0.39 is 94.7 Å². The van der Waals surface area contributed by atoms with Crippen molar-refractivity contribution in [1.82, 2.24) is 14.8 Å². The number of nitrogens with zero attached hydrogens (tertiary/aromatic N) is 2. The van der Waals surface area contributed by atoms with Crippen molar-refractivity contribution in [2.24, 2.45) is 0 Å². The number of anilines is 1. The number of alkyl halides is 7. The van der Waals surface area contributed by atoms with Crippen LogP contribution in [0.2, 0.25) is 0 Å². The zero-order valence-corrected chi connectivity index (χ0v) is 21.6. The highest BCUT2D eigenvalue weighted by atomic mass is 19.4. The third-order valence-electron chi connectivity index (χ3n) is 7.54. The molecular formula is C25H24F10N4O3. The Morgan fingerprint density at radius 2 is 1.79 bits per heavy atom. The quantitative estimate of drug-likeness (QED) is 0.415. The Kier molecular flexibility index (Phi) is 8.32. The number of allylic oxidation sites excluding steroid dienone is 4. The summed E-state index contributed by atoms with van der Waals surface area (Å²) in [6.07, 6.45) is -13.0. The van der Waals surface area contributed by atoms with Gasteiger partial charge in [0.05, 0.1) is 12.2 Å². The van der Waals surface area contributed by atoms with Crippen LogP contribution < -0.4 is 16.1 Å². The summed E-state index contributed by atoms with van der Waals surface area (Å²) in [5.41, 5.74) is -6.48. The molecule has 17 heteroatoms. The summed E-state index contributed by atoms with van der Waals surface area (Å²) in [5.74, 6) is -6.75. The lowest BCUT2D eigenvalue weighted by Crippen LogP contribution is -2.56. The Morgan fingerprint density at radius 3 is 2.36 bits per heavy atom. The van der Waals surface area contributed by atoms with Crippen LogP contribution in [0.5, 0.6) is 0 Å². The maximum absolute atomic E-state index is 15.4. The fraction of sp³-hybridized carbons (Fsp3) is 0.520. The Morgan fingerprint density at radius 1 is 1.14 bits per heavy atom. The summed E-state index contributed by atoms with van der Waals surface area (Å²) >= 11 is 0. The minimum Gasteiger partial charge on any atom is -0.395 e. The van der Waals surface area contributed by atoms with E-state index in [4.69, 9.17) is 0 Å². The lowest BCUT2D eigenvalue weighted by Gasteiger charge is -2.44. The number of carbonyl (C=O) groups excluding carboxylic acids is 1. The van der Waals surface area contributed by atoms with Crippen molar-refractivity contribution in [3.8, 4) is 0 Å². The Balaban J connectivity index is 1.92. The van der Waals surface area contributed by atoms with Gasteiger partial charge in [0.25, 0.3) is 5.91 Å². The Labute approximate surface area is 231 Å². The van der Waals surface area contributed by atoms with Gasteiger partial charge >= 0.3 is 12.4 Å². The molecule has 1 saturated heterocycles. The van der Waals surface area contributed by atoms with Crippen LogP contribution in [0.25, 0.3) is 6.08 Å². The molecule has 3 heterocycles. The van der Waals surface area contributed by atoms with Crippen molar-refractivity contribution in [1.29, 1.82) is 0 Å². The second-order valence-corrected chi connectivity index (χ2v) is 10.2. The second-order valence-electron chi connectivity index (χ2n) is 10.2. The van der Waals surface area contributed by atoms with Crippen LogP contribution >= 0.6 is 0 Å². The number of halogens is 10. The van der Waals surface area contributed by atoms with E-state index in [0.29, 0.717) is 47.5 Å². The normalized spacial score (nSPS) is 27.1. The highest BCUT2D eigenvalue weighted by Crippen LogP contribution is 2.43. The lowest BCUT2D eigenvalue weighted by molar-refractivity contribution is -0.255. The van der Waals surface area contributed by atoms with Gasteiger partial charge in [-0.2, -0.15) is 26.3 Å². The van der Waals surface area contributed by atoms with Crippen molar-refractivity contribution < 1.29 is 53.8 Å². The second kappa shape index (κ2) is 11.1. The van der Waals surface area contributed by atoms with Gasteiger partial charge in [-0.3, -0.25) is 14.5 Å². The van der Waals surface area contributed by atoms with Crippen molar-refractivity contribution in [2.45, 2.75) is 68.5 Å². The van der Waals surface area contributed by atoms with Crippen molar-refractivity contribution in [3.63, 3.8) is 0 Å². The summed E-state index contributed by atoms with van der Waals surface area (Å²) in [7, 11) is 0. The maximum Gasteiger partial charge on any atom is 0.417 e. The van der Waals surface area contributed by atoms with Crippen LogP contribution in [-0.2, 0) is 5.54 Å². The highest BCUT2D eigenvalue weighted by molar-refractivity contribution is 5.95. The number of carbonyl (C=O) groups is 1. The molecule has 232 valence electrons. The van der Waals surface area contributed by atoms with Gasteiger partial charge in [0.2, 0.25) is 11.5 Å². The average Bonchev–Trinajstić information content (AvgIpc) is 2.89. The minimum atomic E-state index is -6.05. The third-order valence-corrected chi connectivity index (χ3v) is 7.54. The van der Waals surface area contributed by atoms with E-state index in [1.54, 1.807) is 0 Å². The molecule has 1 aromatic rings. The number of fused-ring (bicyclic) bond motifs is 1. The average molecular weight is 618 g/mol. The first-order valence-corrected chi connectivity index (χ1v) is 12.5. The number of aromatic nitrogens is 1. The van der Waals surface area contributed by atoms with Crippen LogP contribution in [0.4, 0.5) is 49.7 Å². The number of hydrogen-bond donors (Lipinski definition) is 3. The van der Waals surface area contributed by atoms with Gasteiger partial charge in [-0.05, 0) is 31.9 Å². The van der Waals surface area contributed by atoms with E-state index in [0.717, 1.165) is 6.92 Å². The maximum atomic E-state index is 15.4. The molecular weight excluding hydrogens is 594 g/mol. The van der Waals surface area contributed by atoms with Gasteiger partial charge in [0, 0.05) is 24.9 Å². The Hall–Kier alpha value is -3.34. The topological polar surface area (TPSA) is 86.6 Å². The molecule has 4 rings (SSSR count). The van der Waals surface area contributed by atoms with Crippen LogP contribution in [0, 0.1) is 0 Å². The molecule has 0 radical (unpaired) electrons. The van der Waals surface area contributed by atoms with Gasteiger partial charge in [-0.25, -0.2) is 17.6 Å². The first kappa shape index (κ1) is 31.6. The van der Waals surface area contributed by atoms with E-state index in [2.05, 4.69) is 5.32 Å². The molecule has 0 saturated carbocycles. The van der Waals surface area contributed by atoms with E-state index >= 15 is 13.2 Å². The summed E-state index contributed by atoms with van der Waals surface area (Å²) in [5, 5.41) is 13.0. The lowest BCUT2D eigenvalue weighted by atomic mass is 9.88. The molecule has 1 aliphatic carbocycles. The van der Waals surface area contributed by atoms with Crippen molar-refractivity contribution >= 4 is 17.8 Å². The number of likely N-dealkylation sites (tertiary alicyclic amines) is 1. The molecule has 42 heavy (non-hydrogen) atoms. The van der Waals surface area contributed by atoms with Crippen LogP contribution in [0.1, 0.15) is 42.1 Å². The number of amides is 1. The van der Waals surface area contributed by atoms with E-state index in [1.807, 2.05) is 0 Å². The summed E-state index contributed by atoms with van der Waals surface area (Å²) in [6.45, 7) is 0.650. The Bertz CT molecular complexity index is 1390. The standard InChI is InChI=1S/C25H24F10N4O3/c1-23(16(28)6-11(26)7-17(23)29)39-9-14(21(42)37-22(24(30,31)32)25(33,34)35)18(41)13-8-15(27)20(36-19(13)39)38-5-3-2-4-12(38)10-40/h6-9,12,16,20,22,36,40H,2-5,10H2,1H3,(H,37,42)/t12-,16?,20?,23?/m1/s1. The van der Waals surface area contributed by atoms with Crippen LogP contribution in [0.15, 0.2) is 40.6 Å². The van der Waals surface area contributed by atoms with Crippen LogP contribution in [-0.4, -0.2) is 70.4 Å². The van der Waals surface area contributed by atoms with Gasteiger partial charge in [-0.15, -0.1) is 0 Å². The molecule has 4 atom stereocenters. The van der Waals surface area contributed by atoms with E-state index in [-0.39, 0.29) is 12.6 Å². The largest absolute Gasteiger partial charge is 0.417 e. The molecule has 0 aromatic carbocycles. The highest BCUT2D eigenvalue weighted by Gasteiger charge is 2.58. The first-order chi connectivity index (χ1) is 19.4. The minimum absolute atomic E-state index is 0.228. The number of hydrogen-bond acceptors (Lipinski definition) is 5. The first-order valence-electron chi connectivity index (χ1n) is 12.5. The molecule has 1 fully saturated rings. The van der Waals surface area contributed by atoms with Crippen molar-refractivity contribution in [2.75, 3.05) is 18.5 Å². The number of rotatable bonds is 5. The summed E-state index contributed by atoms with van der Waals surface area (Å²) in [4.78, 5) is 27.4. The van der Waals surface area contributed by atoms with Crippen molar-refractivity contribution in [3.05, 3.63) is 57.2 Å². The number of piperidine rings is 1.